The van der Waals surface area contributed by atoms with Crippen molar-refractivity contribution in [2.24, 2.45) is 0 Å². The van der Waals surface area contributed by atoms with Crippen LogP contribution in [0.15, 0.2) is 71.7 Å². The lowest BCUT2D eigenvalue weighted by molar-refractivity contribution is -0.172. The SMILES string of the molecule is C#Cc1c(F)ccc2cc(O)cc(-c3ncc4c(N5C[C@H]6CC[C@@H](C5)N6C(=O)C(=C)COc5ccc6nc7c(c(CC)c6c5)Cn5c-7cc6c(c5=O)COC(=O)[C@]6(O)CC)nc(OC[C@@]56CCCN5C[C@H](F)C6)nc4c3F)c12. The van der Waals surface area contributed by atoms with Gasteiger partial charge in [-0.25, -0.2) is 22.9 Å². The van der Waals surface area contributed by atoms with Gasteiger partial charge in [0.2, 0.25) is 0 Å². The summed E-state index contributed by atoms with van der Waals surface area (Å²) in [6.45, 7) is 9.56. The number of esters is 1. The molecule has 0 spiro atoms. The van der Waals surface area contributed by atoms with Crippen molar-refractivity contribution in [2.75, 3.05) is 44.3 Å². The third kappa shape index (κ3) is 7.53. The largest absolute Gasteiger partial charge is 0.508 e. The van der Waals surface area contributed by atoms with E-state index in [0.717, 1.165) is 35.9 Å². The van der Waals surface area contributed by atoms with Gasteiger partial charge in [-0.1, -0.05) is 32.4 Å². The van der Waals surface area contributed by atoms with Gasteiger partial charge in [0, 0.05) is 65.3 Å². The average molecular weight is 1060 g/mol. The number of terminal acetylenes is 1. The number of hydrogen-bond acceptors (Lipinski definition) is 14. The van der Waals surface area contributed by atoms with E-state index >= 15 is 8.78 Å². The number of cyclic esters (lactones) is 1. The number of amides is 1. The number of carbonyl (C=O) groups is 2. The molecule has 16 nitrogen and oxygen atoms in total. The number of aromatic nitrogens is 5. The lowest BCUT2D eigenvalue weighted by atomic mass is 9.86. The highest BCUT2D eigenvalue weighted by molar-refractivity contribution is 6.03. The van der Waals surface area contributed by atoms with E-state index in [2.05, 4.69) is 27.4 Å². The van der Waals surface area contributed by atoms with Crippen LogP contribution in [0, 0.1) is 24.0 Å². The molecular formula is C59H53F3N8O8. The van der Waals surface area contributed by atoms with Gasteiger partial charge in [0.05, 0.1) is 57.6 Å². The molecule has 78 heavy (non-hydrogen) atoms. The van der Waals surface area contributed by atoms with Crippen LogP contribution in [0.1, 0.15) is 80.2 Å². The van der Waals surface area contributed by atoms with Gasteiger partial charge in [-0.2, -0.15) is 9.97 Å². The van der Waals surface area contributed by atoms with E-state index in [4.69, 9.17) is 30.6 Å². The van der Waals surface area contributed by atoms with Gasteiger partial charge in [-0.3, -0.25) is 19.5 Å². The summed E-state index contributed by atoms with van der Waals surface area (Å²) in [5.74, 6) is 0.368. The molecule has 6 aliphatic heterocycles. The van der Waals surface area contributed by atoms with E-state index in [-0.39, 0.29) is 118 Å². The highest BCUT2D eigenvalue weighted by Crippen LogP contribution is 2.45. The summed E-state index contributed by atoms with van der Waals surface area (Å²) in [5, 5.41) is 23.8. The first-order chi connectivity index (χ1) is 37.6. The number of hydrogen-bond donors (Lipinski definition) is 2. The fourth-order valence-electron chi connectivity index (χ4n) is 13.4. The summed E-state index contributed by atoms with van der Waals surface area (Å²) in [6.07, 6.45) is 10.1. The molecule has 4 aromatic heterocycles. The van der Waals surface area contributed by atoms with Gasteiger partial charge in [-0.15, -0.1) is 6.42 Å². The van der Waals surface area contributed by atoms with Crippen LogP contribution < -0.4 is 19.9 Å². The van der Waals surface area contributed by atoms with Gasteiger partial charge in [0.15, 0.2) is 11.4 Å². The highest BCUT2D eigenvalue weighted by atomic mass is 19.1. The Morgan fingerprint density at radius 1 is 0.987 bits per heavy atom. The third-order valence-corrected chi connectivity index (χ3v) is 17.2. The highest BCUT2D eigenvalue weighted by Gasteiger charge is 2.50. The van der Waals surface area contributed by atoms with Crippen molar-refractivity contribution in [3.8, 4) is 52.5 Å². The van der Waals surface area contributed by atoms with E-state index in [0.29, 0.717) is 79.2 Å². The number of aliphatic hydroxyl groups is 1. The number of nitrogens with zero attached hydrogens (tertiary/aromatic N) is 8. The molecule has 398 valence electrons. The smallest absolute Gasteiger partial charge is 0.343 e. The molecule has 19 heteroatoms. The molecule has 6 aliphatic rings. The Morgan fingerprint density at radius 2 is 1.79 bits per heavy atom. The predicted octanol–water partition coefficient (Wildman–Crippen LogP) is 7.54. The number of aryl methyl sites for hydroxylation is 1. The number of halogens is 3. The van der Waals surface area contributed by atoms with E-state index in [9.17, 15) is 29.0 Å². The van der Waals surface area contributed by atoms with Crippen molar-refractivity contribution < 1.29 is 47.2 Å². The van der Waals surface area contributed by atoms with E-state index in [1.165, 1.54) is 30.5 Å². The number of aromatic hydroxyl groups is 1. The molecule has 7 aromatic rings. The first kappa shape index (κ1) is 49.5. The first-order valence-corrected chi connectivity index (χ1v) is 26.4. The summed E-state index contributed by atoms with van der Waals surface area (Å²) < 4.78 is 66.9. The summed E-state index contributed by atoms with van der Waals surface area (Å²) in [4.78, 5) is 66.0. The van der Waals surface area contributed by atoms with Crippen LogP contribution >= 0.6 is 0 Å². The van der Waals surface area contributed by atoms with Crippen LogP contribution in [0.25, 0.3) is 55.2 Å². The van der Waals surface area contributed by atoms with Crippen LogP contribution in [-0.4, -0.2) is 120 Å². The number of carbonyl (C=O) groups excluding carboxylic acids is 2. The maximum Gasteiger partial charge on any atom is 0.343 e. The molecule has 5 atom stereocenters. The van der Waals surface area contributed by atoms with Crippen molar-refractivity contribution in [3.05, 3.63) is 117 Å². The lowest BCUT2D eigenvalue weighted by Crippen LogP contribution is -2.56. The summed E-state index contributed by atoms with van der Waals surface area (Å²) in [6, 6.07) is 11.8. The standard InChI is InChI=1S/C59H53F3N8O8/c1-5-37-39-19-36(12-14-46(39)64-50-42(37)26-69-47(50)20-44-43(55(69)73)28-77-56(74)59(44,75)7-3)76-27-30(4)54(72)70-33-10-11-34(70)25-67(24-33)53-41-22-63-51(40-18-35(71)17-31-9-13-45(61)38(6-2)48(31)40)49(62)52(41)65-57(66-53)78-29-58-15-8-16-68(58)23-32(60)21-58/h2,9,12-14,17-20,22,32-34,71,75H,4-5,7-8,10-11,15-16,21,23-29H2,1,3H3/t32-,33-,34+,58+,59+/m1/s1. The molecule has 13 rings (SSSR count). The molecule has 0 saturated carbocycles. The van der Waals surface area contributed by atoms with E-state index in [1.54, 1.807) is 23.6 Å². The van der Waals surface area contributed by atoms with Crippen LogP contribution in [0.4, 0.5) is 19.0 Å². The number of benzene rings is 3. The van der Waals surface area contributed by atoms with Crippen molar-refractivity contribution in [3.63, 3.8) is 0 Å². The number of phenols is 1. The molecule has 4 fully saturated rings. The molecule has 2 bridgehead atoms. The van der Waals surface area contributed by atoms with Gasteiger partial charge < -0.3 is 38.8 Å². The second-order valence-corrected chi connectivity index (χ2v) is 21.5. The fourth-order valence-corrected chi connectivity index (χ4v) is 13.4. The van der Waals surface area contributed by atoms with Gasteiger partial charge >= 0.3 is 12.0 Å². The number of rotatable bonds is 11. The molecular weight excluding hydrogens is 1010 g/mol. The van der Waals surface area contributed by atoms with Crippen LogP contribution in [-0.2, 0) is 39.5 Å². The van der Waals surface area contributed by atoms with Gasteiger partial charge in [-0.05, 0) is 98.5 Å². The normalized spacial score (nSPS) is 23.1. The average Bonchev–Trinajstić information content (AvgIpc) is 4.33. The Labute approximate surface area is 445 Å². The monoisotopic (exact) mass is 1060 g/mol. The van der Waals surface area contributed by atoms with Crippen molar-refractivity contribution in [2.45, 2.75) is 101 Å². The second kappa shape index (κ2) is 18.3. The number of alkyl halides is 1. The fraction of sp³-hybridized carbons (Fsp3) is 0.373. The van der Waals surface area contributed by atoms with Crippen molar-refractivity contribution in [1.82, 2.24) is 34.3 Å². The molecule has 0 aliphatic carbocycles. The number of fused-ring (bicyclic) bond motifs is 10. The van der Waals surface area contributed by atoms with Crippen LogP contribution in [0.3, 0.4) is 0 Å². The Morgan fingerprint density at radius 3 is 2.56 bits per heavy atom. The maximum atomic E-state index is 17.4. The minimum absolute atomic E-state index is 0.0384. The Balaban J connectivity index is 0.768. The maximum absolute atomic E-state index is 17.4. The van der Waals surface area contributed by atoms with Gasteiger partial charge in [0.1, 0.15) is 60.3 Å². The van der Waals surface area contributed by atoms with E-state index in [1.807, 2.05) is 28.9 Å². The minimum atomic E-state index is -1.94. The molecule has 1 amide bonds. The van der Waals surface area contributed by atoms with Gasteiger partial charge in [0.25, 0.3) is 11.5 Å². The van der Waals surface area contributed by atoms with Crippen molar-refractivity contribution in [1.29, 1.82) is 0 Å². The topological polar surface area (TPSA) is 186 Å². The molecule has 0 unspecified atom stereocenters. The molecule has 3 aromatic carbocycles. The zero-order chi connectivity index (χ0) is 54.1. The zero-order valence-electron chi connectivity index (χ0n) is 42.9. The third-order valence-electron chi connectivity index (χ3n) is 17.2. The Kier molecular flexibility index (Phi) is 11.6. The van der Waals surface area contributed by atoms with Crippen molar-refractivity contribution >= 4 is 50.3 Å². The quantitative estimate of drug-likeness (QED) is 0.0736. The zero-order valence-corrected chi connectivity index (χ0v) is 42.9. The number of piperazine rings is 1. The number of anilines is 1. The molecule has 4 saturated heterocycles. The number of phenolic OH excluding ortho intramolecular Hbond substituents is 1. The minimum Gasteiger partial charge on any atom is -0.508 e. The lowest BCUT2D eigenvalue weighted by Gasteiger charge is -2.42. The summed E-state index contributed by atoms with van der Waals surface area (Å²) in [5.41, 5.74) is 1.09. The Hall–Kier alpha value is -8.08. The van der Waals surface area contributed by atoms with E-state index < -0.39 is 34.9 Å². The second-order valence-electron chi connectivity index (χ2n) is 21.5. The van der Waals surface area contributed by atoms with Crippen LogP contribution in [0.5, 0.6) is 17.5 Å². The molecule has 10 heterocycles. The summed E-state index contributed by atoms with van der Waals surface area (Å²) in [7, 11) is 0. The van der Waals surface area contributed by atoms with Crippen LogP contribution in [0.2, 0.25) is 0 Å². The Bertz CT molecular complexity index is 3890. The summed E-state index contributed by atoms with van der Waals surface area (Å²) >= 11 is 0. The molecule has 0 radical (unpaired) electrons. The number of ether oxygens (including phenoxy) is 3. The predicted molar refractivity (Wildman–Crippen MR) is 283 cm³/mol. The first-order valence-electron chi connectivity index (χ1n) is 26.4. The number of pyridine rings is 3. The molecule has 2 N–H and O–H groups in total.